The Morgan fingerprint density at radius 3 is 2.86 bits per heavy atom. The van der Waals surface area contributed by atoms with Crippen molar-refractivity contribution in [2.75, 3.05) is 19.6 Å². The quantitative estimate of drug-likeness (QED) is 0.799. The molecule has 0 aromatic carbocycles. The molecule has 1 N–H and O–H groups in total. The molecule has 4 heteroatoms. The molecule has 0 bridgehead atoms. The van der Waals surface area contributed by atoms with E-state index in [0.29, 0.717) is 18.0 Å². The van der Waals surface area contributed by atoms with Crippen molar-refractivity contribution in [3.05, 3.63) is 18.0 Å². The molecule has 1 aromatic rings. The lowest BCUT2D eigenvalue weighted by Gasteiger charge is -2.26. The van der Waals surface area contributed by atoms with Crippen LogP contribution in [-0.4, -0.2) is 40.4 Å². The number of hydrogen-bond acceptors (Lipinski definition) is 3. The van der Waals surface area contributed by atoms with Crippen molar-refractivity contribution in [1.82, 2.24) is 20.0 Å². The van der Waals surface area contributed by atoms with E-state index in [1.165, 1.54) is 25.1 Å². The van der Waals surface area contributed by atoms with Crippen molar-refractivity contribution in [1.29, 1.82) is 0 Å². The van der Waals surface area contributed by atoms with E-state index in [2.05, 4.69) is 54.9 Å². The van der Waals surface area contributed by atoms with Gasteiger partial charge < -0.3 is 5.32 Å². The fourth-order valence-electron chi connectivity index (χ4n) is 3.07. The number of rotatable bonds is 8. The predicted octanol–water partition coefficient (Wildman–Crippen LogP) is 3.06. The van der Waals surface area contributed by atoms with Gasteiger partial charge in [0.2, 0.25) is 0 Å². The van der Waals surface area contributed by atoms with Crippen molar-refractivity contribution < 1.29 is 0 Å². The van der Waals surface area contributed by atoms with Crippen LogP contribution < -0.4 is 5.32 Å². The summed E-state index contributed by atoms with van der Waals surface area (Å²) in [5.74, 6) is 0.697. The maximum Gasteiger partial charge on any atom is 0.0764 e. The third kappa shape index (κ3) is 5.11. The molecule has 1 aliphatic heterocycles. The van der Waals surface area contributed by atoms with Gasteiger partial charge in [0.05, 0.1) is 5.69 Å². The first-order chi connectivity index (χ1) is 10.1. The first-order valence-corrected chi connectivity index (χ1v) is 8.58. The van der Waals surface area contributed by atoms with E-state index < -0.39 is 0 Å². The fraction of sp³-hybridized carbons (Fsp3) is 0.824. The largest absolute Gasteiger partial charge is 0.313 e. The Kier molecular flexibility index (Phi) is 6.24. The number of hydrogen-bond donors (Lipinski definition) is 1. The molecule has 0 amide bonds. The highest BCUT2D eigenvalue weighted by atomic mass is 15.3. The molecule has 2 unspecified atom stereocenters. The van der Waals surface area contributed by atoms with Gasteiger partial charge >= 0.3 is 0 Å². The second-order valence-electron chi connectivity index (χ2n) is 6.93. The summed E-state index contributed by atoms with van der Waals surface area (Å²) < 4.78 is 2.11. The molecule has 1 aliphatic rings. The summed E-state index contributed by atoms with van der Waals surface area (Å²) in [6.45, 7) is 13.5. The van der Waals surface area contributed by atoms with E-state index in [9.17, 15) is 0 Å². The van der Waals surface area contributed by atoms with Gasteiger partial charge in [-0.15, -0.1) is 0 Å². The van der Waals surface area contributed by atoms with Crippen LogP contribution in [0, 0.1) is 5.92 Å². The molecule has 2 rings (SSSR count). The normalized spacial score (nSPS) is 20.6. The fourth-order valence-corrected chi connectivity index (χ4v) is 3.07. The molecule has 1 saturated heterocycles. The third-order valence-electron chi connectivity index (χ3n) is 4.36. The predicted molar refractivity (Wildman–Crippen MR) is 88.4 cm³/mol. The third-order valence-corrected chi connectivity index (χ3v) is 4.36. The smallest absolute Gasteiger partial charge is 0.0764 e. The van der Waals surface area contributed by atoms with Crippen molar-refractivity contribution >= 4 is 0 Å². The van der Waals surface area contributed by atoms with E-state index in [1.807, 2.05) is 0 Å². The second kappa shape index (κ2) is 7.95. The van der Waals surface area contributed by atoms with Crippen LogP contribution in [0.15, 0.2) is 12.3 Å². The Hall–Kier alpha value is -0.870. The van der Waals surface area contributed by atoms with Crippen LogP contribution in [0.1, 0.15) is 58.7 Å². The van der Waals surface area contributed by atoms with E-state index >= 15 is 0 Å². The Morgan fingerprint density at radius 1 is 1.43 bits per heavy atom. The Balaban J connectivity index is 1.94. The van der Waals surface area contributed by atoms with Gasteiger partial charge in [0.25, 0.3) is 0 Å². The molecule has 0 saturated carbocycles. The van der Waals surface area contributed by atoms with Crippen molar-refractivity contribution in [3.8, 4) is 0 Å². The van der Waals surface area contributed by atoms with E-state index in [-0.39, 0.29) is 0 Å². The summed E-state index contributed by atoms with van der Waals surface area (Å²) in [5.41, 5.74) is 1.20. The molecule has 2 heterocycles. The first kappa shape index (κ1) is 16.5. The van der Waals surface area contributed by atoms with Crippen LogP contribution in [-0.2, 0) is 6.54 Å². The molecule has 4 nitrogen and oxygen atoms in total. The molecule has 2 atom stereocenters. The monoisotopic (exact) mass is 292 g/mol. The summed E-state index contributed by atoms with van der Waals surface area (Å²) in [6, 6.07) is 3.34. The zero-order chi connectivity index (χ0) is 15.2. The molecule has 0 radical (unpaired) electrons. The lowest BCUT2D eigenvalue weighted by molar-refractivity contribution is 0.213. The summed E-state index contributed by atoms with van der Waals surface area (Å²) in [7, 11) is 0. The minimum Gasteiger partial charge on any atom is -0.313 e. The minimum atomic E-state index is 0.494. The van der Waals surface area contributed by atoms with E-state index in [0.717, 1.165) is 26.1 Å². The van der Waals surface area contributed by atoms with E-state index in [4.69, 9.17) is 5.10 Å². The molecule has 1 aromatic heterocycles. The maximum atomic E-state index is 4.76. The summed E-state index contributed by atoms with van der Waals surface area (Å²) in [5, 5.41) is 8.37. The summed E-state index contributed by atoms with van der Waals surface area (Å²) >= 11 is 0. The summed E-state index contributed by atoms with van der Waals surface area (Å²) in [6.07, 6.45) is 5.90. The standard InChI is InChI=1S/C17H32N4/c1-5-15(4)21-10-8-17(19-21)13-20(11-14(2)3)12-16-7-6-9-18-16/h8,10,14-16,18H,5-7,9,11-13H2,1-4H3. The summed E-state index contributed by atoms with van der Waals surface area (Å²) in [4.78, 5) is 2.57. The molecule has 120 valence electrons. The SMILES string of the molecule is CCC(C)n1ccc(CN(CC(C)C)CC2CCCN2)n1. The first-order valence-electron chi connectivity index (χ1n) is 8.58. The van der Waals surface area contributed by atoms with Gasteiger partial charge in [-0.2, -0.15) is 5.10 Å². The van der Waals surface area contributed by atoms with Crippen molar-refractivity contribution in [3.63, 3.8) is 0 Å². The minimum absolute atomic E-state index is 0.494. The van der Waals surface area contributed by atoms with Crippen LogP contribution in [0.4, 0.5) is 0 Å². The average molecular weight is 292 g/mol. The molecular formula is C17H32N4. The van der Waals surface area contributed by atoms with Crippen LogP contribution in [0.25, 0.3) is 0 Å². The Morgan fingerprint density at radius 2 is 2.24 bits per heavy atom. The maximum absolute atomic E-state index is 4.76. The van der Waals surface area contributed by atoms with Crippen molar-refractivity contribution in [2.45, 2.75) is 65.6 Å². The lowest BCUT2D eigenvalue weighted by Crippen LogP contribution is -2.39. The van der Waals surface area contributed by atoms with Crippen LogP contribution in [0.5, 0.6) is 0 Å². The lowest BCUT2D eigenvalue weighted by atomic mass is 10.1. The molecule has 0 spiro atoms. The van der Waals surface area contributed by atoms with Gasteiger partial charge in [-0.25, -0.2) is 0 Å². The van der Waals surface area contributed by atoms with Gasteiger partial charge in [-0.3, -0.25) is 9.58 Å². The number of aromatic nitrogens is 2. The molecule has 1 fully saturated rings. The van der Waals surface area contributed by atoms with Gasteiger partial charge in [0.15, 0.2) is 0 Å². The zero-order valence-corrected chi connectivity index (χ0v) is 14.2. The molecular weight excluding hydrogens is 260 g/mol. The average Bonchev–Trinajstić information content (AvgIpc) is 3.08. The topological polar surface area (TPSA) is 33.1 Å². The highest BCUT2D eigenvalue weighted by Crippen LogP contribution is 2.14. The Labute approximate surface area is 129 Å². The van der Waals surface area contributed by atoms with Gasteiger partial charge in [-0.1, -0.05) is 20.8 Å². The second-order valence-corrected chi connectivity index (χ2v) is 6.93. The number of nitrogens with zero attached hydrogens (tertiary/aromatic N) is 3. The van der Waals surface area contributed by atoms with Crippen LogP contribution in [0.2, 0.25) is 0 Å². The number of nitrogens with one attached hydrogen (secondary N) is 1. The van der Waals surface area contributed by atoms with E-state index in [1.54, 1.807) is 0 Å². The Bertz CT molecular complexity index is 407. The van der Waals surface area contributed by atoms with Gasteiger partial charge in [-0.05, 0) is 44.7 Å². The molecule has 21 heavy (non-hydrogen) atoms. The zero-order valence-electron chi connectivity index (χ0n) is 14.2. The molecule has 0 aliphatic carbocycles. The van der Waals surface area contributed by atoms with Crippen LogP contribution in [0.3, 0.4) is 0 Å². The van der Waals surface area contributed by atoms with Gasteiger partial charge in [0, 0.05) is 37.9 Å². The highest BCUT2D eigenvalue weighted by molar-refractivity contribution is 5.00. The highest BCUT2D eigenvalue weighted by Gasteiger charge is 2.19. The van der Waals surface area contributed by atoms with Crippen molar-refractivity contribution in [2.24, 2.45) is 5.92 Å². The van der Waals surface area contributed by atoms with Crippen LogP contribution >= 0.6 is 0 Å². The van der Waals surface area contributed by atoms with Gasteiger partial charge in [0.1, 0.15) is 0 Å².